The number of aliphatic hydroxyl groups excluding tert-OH is 2. The highest BCUT2D eigenvalue weighted by Gasteiger charge is 2.24. The third kappa shape index (κ3) is 5.56. The highest BCUT2D eigenvalue weighted by Crippen LogP contribution is 2.37. The predicted octanol–water partition coefficient (Wildman–Crippen LogP) is 5.46. The molecular weight excluding hydrogens is 484 g/mol. The molecule has 4 aromatic rings. The maximum absolute atomic E-state index is 12.0. The van der Waals surface area contributed by atoms with Gasteiger partial charge in [0.25, 0.3) is 0 Å². The molecule has 1 fully saturated rings. The van der Waals surface area contributed by atoms with Crippen LogP contribution in [0.5, 0.6) is 5.75 Å². The first kappa shape index (κ1) is 25.9. The van der Waals surface area contributed by atoms with Crippen molar-refractivity contribution in [1.29, 1.82) is 0 Å². The molecule has 0 spiro atoms. The van der Waals surface area contributed by atoms with Crippen LogP contribution in [0.1, 0.15) is 46.0 Å². The van der Waals surface area contributed by atoms with Gasteiger partial charge >= 0.3 is 5.97 Å². The van der Waals surface area contributed by atoms with Gasteiger partial charge in [-0.3, -0.25) is 0 Å². The standard InChI is InChI=1S/C31H30O7/c32-17-28-27(31(34)35)15-23-14-24(9-10-26(23)30(28)21-6-2-1-3-7-21)37-18-20-5-4-8-22(13-20)29-16-25(38-19-33)11-12-36-29/h1-10,13-15,25,29,32-33H,11-12,16-19H2,(H,34,35). The summed E-state index contributed by atoms with van der Waals surface area (Å²) >= 11 is 0. The van der Waals surface area contributed by atoms with Crippen LogP contribution < -0.4 is 4.74 Å². The van der Waals surface area contributed by atoms with Gasteiger partial charge in [-0.25, -0.2) is 4.79 Å². The van der Waals surface area contributed by atoms with Crippen molar-refractivity contribution in [2.24, 2.45) is 0 Å². The Kier molecular flexibility index (Phi) is 8.00. The van der Waals surface area contributed by atoms with Gasteiger partial charge in [-0.2, -0.15) is 0 Å². The normalized spacial score (nSPS) is 17.4. The Balaban J connectivity index is 1.41. The molecule has 0 radical (unpaired) electrons. The van der Waals surface area contributed by atoms with Crippen molar-refractivity contribution < 1.29 is 34.3 Å². The van der Waals surface area contributed by atoms with Crippen molar-refractivity contribution in [3.8, 4) is 16.9 Å². The lowest BCUT2D eigenvalue weighted by Gasteiger charge is -2.29. The number of carbonyl (C=O) groups is 1. The summed E-state index contributed by atoms with van der Waals surface area (Å²) in [5.41, 5.74) is 4.01. The molecule has 2 atom stereocenters. The van der Waals surface area contributed by atoms with Crippen molar-refractivity contribution in [3.05, 3.63) is 101 Å². The van der Waals surface area contributed by atoms with E-state index in [1.54, 1.807) is 6.07 Å². The average molecular weight is 515 g/mol. The van der Waals surface area contributed by atoms with Crippen molar-refractivity contribution in [2.45, 2.75) is 38.3 Å². The highest BCUT2D eigenvalue weighted by atomic mass is 16.6. The van der Waals surface area contributed by atoms with Crippen LogP contribution in [0.15, 0.2) is 78.9 Å². The Morgan fingerprint density at radius 2 is 1.82 bits per heavy atom. The lowest BCUT2D eigenvalue weighted by atomic mass is 9.90. The van der Waals surface area contributed by atoms with Crippen LogP contribution >= 0.6 is 0 Å². The number of ether oxygens (including phenoxy) is 3. The first-order valence-electron chi connectivity index (χ1n) is 12.6. The van der Waals surface area contributed by atoms with E-state index in [1.165, 1.54) is 0 Å². The second-order valence-electron chi connectivity index (χ2n) is 9.33. The summed E-state index contributed by atoms with van der Waals surface area (Å²) in [4.78, 5) is 12.0. The minimum Gasteiger partial charge on any atom is -0.489 e. The van der Waals surface area contributed by atoms with Gasteiger partial charge in [0.2, 0.25) is 0 Å². The van der Waals surface area contributed by atoms with Crippen LogP contribution in [-0.4, -0.2) is 40.8 Å². The summed E-state index contributed by atoms with van der Waals surface area (Å²) in [5, 5.41) is 30.6. The summed E-state index contributed by atoms with van der Waals surface area (Å²) in [5.74, 6) is -0.479. The average Bonchev–Trinajstić information content (AvgIpc) is 2.95. The molecule has 1 aliphatic heterocycles. The molecule has 3 N–H and O–H groups in total. The number of benzene rings is 4. The minimum absolute atomic E-state index is 0.0286. The second kappa shape index (κ2) is 11.8. The molecule has 7 nitrogen and oxygen atoms in total. The van der Waals surface area contributed by atoms with E-state index in [-0.39, 0.29) is 31.2 Å². The van der Waals surface area contributed by atoms with E-state index in [0.29, 0.717) is 36.5 Å². The van der Waals surface area contributed by atoms with Gasteiger partial charge in [0.15, 0.2) is 0 Å². The Morgan fingerprint density at radius 3 is 2.58 bits per heavy atom. The van der Waals surface area contributed by atoms with Gasteiger partial charge < -0.3 is 29.5 Å². The van der Waals surface area contributed by atoms with Gasteiger partial charge in [0, 0.05) is 18.6 Å². The van der Waals surface area contributed by atoms with Crippen molar-refractivity contribution >= 4 is 16.7 Å². The van der Waals surface area contributed by atoms with E-state index in [4.69, 9.17) is 19.3 Å². The smallest absolute Gasteiger partial charge is 0.336 e. The molecule has 2 unspecified atom stereocenters. The van der Waals surface area contributed by atoms with Gasteiger partial charge in [-0.1, -0.05) is 54.6 Å². The Labute approximate surface area is 220 Å². The van der Waals surface area contributed by atoms with E-state index in [0.717, 1.165) is 33.9 Å². The van der Waals surface area contributed by atoms with E-state index >= 15 is 0 Å². The van der Waals surface area contributed by atoms with E-state index in [2.05, 4.69) is 6.07 Å². The Morgan fingerprint density at radius 1 is 0.974 bits per heavy atom. The second-order valence-corrected chi connectivity index (χ2v) is 9.33. The molecule has 5 rings (SSSR count). The number of hydrogen-bond donors (Lipinski definition) is 3. The minimum atomic E-state index is -1.09. The van der Waals surface area contributed by atoms with Gasteiger partial charge in [-0.15, -0.1) is 0 Å². The van der Waals surface area contributed by atoms with Crippen molar-refractivity contribution in [1.82, 2.24) is 0 Å². The maximum atomic E-state index is 12.0. The van der Waals surface area contributed by atoms with Gasteiger partial charge in [0.05, 0.1) is 24.4 Å². The third-order valence-electron chi connectivity index (χ3n) is 6.94. The number of carboxylic acid groups (broad SMARTS) is 1. The van der Waals surface area contributed by atoms with Crippen LogP contribution in [0.2, 0.25) is 0 Å². The molecule has 0 aliphatic carbocycles. The summed E-state index contributed by atoms with van der Waals surface area (Å²) in [6, 6.07) is 24.7. The van der Waals surface area contributed by atoms with Crippen LogP contribution in [-0.2, 0) is 22.7 Å². The SMILES string of the molecule is O=C(O)c1cc2cc(OCc3cccc(C4CC(OCO)CCO4)c3)ccc2c(-c2ccccc2)c1CO. The van der Waals surface area contributed by atoms with Crippen molar-refractivity contribution in [3.63, 3.8) is 0 Å². The number of hydrogen-bond acceptors (Lipinski definition) is 6. The fraction of sp³-hybridized carbons (Fsp3) is 0.258. The zero-order valence-corrected chi connectivity index (χ0v) is 20.9. The molecule has 0 bridgehead atoms. The number of aromatic carboxylic acids is 1. The number of carboxylic acids is 1. The summed E-state index contributed by atoms with van der Waals surface area (Å²) in [6.45, 7) is 0.232. The quantitative estimate of drug-likeness (QED) is 0.255. The molecule has 1 heterocycles. The molecule has 38 heavy (non-hydrogen) atoms. The van der Waals surface area contributed by atoms with E-state index in [9.17, 15) is 15.0 Å². The van der Waals surface area contributed by atoms with E-state index < -0.39 is 5.97 Å². The Hall–Kier alpha value is -3.75. The van der Waals surface area contributed by atoms with Crippen LogP contribution in [0.25, 0.3) is 21.9 Å². The molecule has 4 aromatic carbocycles. The first-order chi connectivity index (χ1) is 18.6. The molecule has 1 saturated heterocycles. The fourth-order valence-electron chi connectivity index (χ4n) is 5.11. The largest absolute Gasteiger partial charge is 0.489 e. The zero-order chi connectivity index (χ0) is 26.5. The fourth-order valence-corrected chi connectivity index (χ4v) is 5.11. The summed E-state index contributed by atoms with van der Waals surface area (Å²) < 4.78 is 17.4. The number of fused-ring (bicyclic) bond motifs is 1. The van der Waals surface area contributed by atoms with Gasteiger partial charge in [0.1, 0.15) is 19.1 Å². The summed E-state index contributed by atoms with van der Waals surface area (Å²) in [6.07, 6.45) is 1.31. The molecule has 7 heteroatoms. The Bertz CT molecular complexity index is 1410. The van der Waals surface area contributed by atoms with Crippen LogP contribution in [0, 0.1) is 0 Å². The van der Waals surface area contributed by atoms with Gasteiger partial charge in [-0.05, 0) is 63.7 Å². The first-order valence-corrected chi connectivity index (χ1v) is 12.6. The summed E-state index contributed by atoms with van der Waals surface area (Å²) in [7, 11) is 0. The lowest BCUT2D eigenvalue weighted by molar-refractivity contribution is -0.113. The number of rotatable bonds is 9. The molecule has 1 aliphatic rings. The predicted molar refractivity (Wildman–Crippen MR) is 143 cm³/mol. The molecular formula is C31H30O7. The number of aliphatic hydroxyl groups is 2. The molecule has 0 aromatic heterocycles. The highest BCUT2D eigenvalue weighted by molar-refractivity contribution is 6.05. The molecule has 0 amide bonds. The molecule has 0 saturated carbocycles. The van der Waals surface area contributed by atoms with Crippen molar-refractivity contribution in [2.75, 3.05) is 13.4 Å². The third-order valence-corrected chi connectivity index (χ3v) is 6.94. The lowest BCUT2D eigenvalue weighted by Crippen LogP contribution is -2.26. The maximum Gasteiger partial charge on any atom is 0.336 e. The van der Waals surface area contributed by atoms with Crippen LogP contribution in [0.3, 0.4) is 0 Å². The topological polar surface area (TPSA) is 105 Å². The van der Waals surface area contributed by atoms with E-state index in [1.807, 2.05) is 66.7 Å². The monoisotopic (exact) mass is 514 g/mol. The molecule has 196 valence electrons. The zero-order valence-electron chi connectivity index (χ0n) is 20.9. The van der Waals surface area contributed by atoms with Crippen LogP contribution in [0.4, 0.5) is 0 Å².